The number of carbonyl (C=O) groups excluding carboxylic acids is 2. The van der Waals surface area contributed by atoms with Crippen LogP contribution < -0.4 is 15.4 Å². The molecular formula is C36H35FN2O5. The SMILES string of the molecule is O=C(CCC=Cc1cccc(F)c1)NCCCOc1ccc(CC(Nc2ccccc2C(=O)c2ccccc2)C(=O)O)cc1. The van der Waals surface area contributed by atoms with Crippen molar-refractivity contribution in [1.82, 2.24) is 5.32 Å². The van der Waals surface area contributed by atoms with E-state index >= 15 is 0 Å². The molecule has 4 aromatic rings. The number of anilines is 1. The second-order valence-corrected chi connectivity index (χ2v) is 10.2. The summed E-state index contributed by atoms with van der Waals surface area (Å²) in [5, 5.41) is 15.8. The standard InChI is InChI=1S/C36H35FN2O5/c37-29-14-8-11-26(24-29)10-4-7-17-34(40)38-22-9-23-44-30-20-18-27(19-21-30)25-33(36(42)43)39-32-16-6-5-15-31(32)35(41)28-12-2-1-3-13-28/h1-6,8,10-16,18-21,24,33,39H,7,9,17,22-23,25H2,(H,38,40)(H,42,43). The summed E-state index contributed by atoms with van der Waals surface area (Å²) >= 11 is 0. The Bertz CT molecular complexity index is 1570. The van der Waals surface area contributed by atoms with Crippen LogP contribution in [-0.4, -0.2) is 42.0 Å². The summed E-state index contributed by atoms with van der Waals surface area (Å²) in [6, 6.07) is 28.3. The number of benzene rings is 4. The van der Waals surface area contributed by atoms with Crippen LogP contribution in [0.5, 0.6) is 5.75 Å². The molecule has 1 unspecified atom stereocenters. The number of para-hydroxylation sites is 1. The van der Waals surface area contributed by atoms with Crippen molar-refractivity contribution < 1.29 is 28.6 Å². The normalized spacial score (nSPS) is 11.6. The molecule has 7 nitrogen and oxygen atoms in total. The Morgan fingerprint density at radius 2 is 1.64 bits per heavy atom. The van der Waals surface area contributed by atoms with Gasteiger partial charge in [0.25, 0.3) is 0 Å². The molecule has 0 aromatic heterocycles. The monoisotopic (exact) mass is 594 g/mol. The molecule has 1 amide bonds. The van der Waals surface area contributed by atoms with Crippen LogP contribution in [0.4, 0.5) is 10.1 Å². The van der Waals surface area contributed by atoms with Crippen molar-refractivity contribution in [3.05, 3.63) is 137 Å². The first-order valence-electron chi connectivity index (χ1n) is 14.5. The summed E-state index contributed by atoms with van der Waals surface area (Å²) in [4.78, 5) is 37.2. The predicted molar refractivity (Wildman–Crippen MR) is 169 cm³/mol. The number of nitrogens with one attached hydrogen (secondary N) is 2. The van der Waals surface area contributed by atoms with E-state index in [1.165, 1.54) is 12.1 Å². The minimum Gasteiger partial charge on any atom is -0.494 e. The lowest BCUT2D eigenvalue weighted by atomic mass is 10.00. The number of carboxylic acid groups (broad SMARTS) is 1. The molecular weight excluding hydrogens is 559 g/mol. The zero-order valence-electron chi connectivity index (χ0n) is 24.2. The molecule has 0 aliphatic carbocycles. The van der Waals surface area contributed by atoms with Crippen LogP contribution in [-0.2, 0) is 16.0 Å². The lowest BCUT2D eigenvalue weighted by Gasteiger charge is -2.18. The minimum absolute atomic E-state index is 0.0631. The smallest absolute Gasteiger partial charge is 0.326 e. The molecule has 8 heteroatoms. The highest BCUT2D eigenvalue weighted by Crippen LogP contribution is 2.22. The molecule has 0 saturated carbocycles. The molecule has 0 saturated heterocycles. The zero-order valence-corrected chi connectivity index (χ0v) is 24.2. The first kappa shape index (κ1) is 31.7. The molecule has 0 aliphatic rings. The van der Waals surface area contributed by atoms with E-state index in [4.69, 9.17) is 4.74 Å². The molecule has 4 rings (SSSR count). The van der Waals surface area contributed by atoms with Crippen molar-refractivity contribution in [1.29, 1.82) is 0 Å². The number of ketones is 1. The second-order valence-electron chi connectivity index (χ2n) is 10.2. The molecule has 0 heterocycles. The average molecular weight is 595 g/mol. The van der Waals surface area contributed by atoms with Crippen LogP contribution in [0, 0.1) is 5.82 Å². The molecule has 0 fully saturated rings. The van der Waals surface area contributed by atoms with E-state index in [1.54, 1.807) is 78.9 Å². The van der Waals surface area contributed by atoms with E-state index in [0.717, 1.165) is 11.1 Å². The quantitative estimate of drug-likeness (QED) is 0.100. The molecule has 4 aromatic carbocycles. The van der Waals surface area contributed by atoms with Crippen LogP contribution in [0.1, 0.15) is 46.3 Å². The third kappa shape index (κ3) is 9.94. The lowest BCUT2D eigenvalue weighted by molar-refractivity contribution is -0.137. The van der Waals surface area contributed by atoms with Gasteiger partial charge in [-0.3, -0.25) is 9.59 Å². The van der Waals surface area contributed by atoms with Crippen LogP contribution in [0.15, 0.2) is 109 Å². The number of hydrogen-bond donors (Lipinski definition) is 3. The van der Waals surface area contributed by atoms with Gasteiger partial charge in [-0.05, 0) is 60.4 Å². The highest BCUT2D eigenvalue weighted by molar-refractivity contribution is 6.12. The second kappa shape index (κ2) is 16.4. The van der Waals surface area contributed by atoms with E-state index < -0.39 is 12.0 Å². The summed E-state index contributed by atoms with van der Waals surface area (Å²) < 4.78 is 19.0. The van der Waals surface area contributed by atoms with Gasteiger partial charge < -0.3 is 20.5 Å². The van der Waals surface area contributed by atoms with Crippen molar-refractivity contribution in [3.63, 3.8) is 0 Å². The Hall–Kier alpha value is -5.24. The highest BCUT2D eigenvalue weighted by Gasteiger charge is 2.21. The van der Waals surface area contributed by atoms with Gasteiger partial charge in [0.1, 0.15) is 17.6 Å². The van der Waals surface area contributed by atoms with Crippen molar-refractivity contribution in [2.75, 3.05) is 18.5 Å². The number of hydrogen-bond acceptors (Lipinski definition) is 5. The number of carboxylic acids is 1. The topological polar surface area (TPSA) is 105 Å². The fourth-order valence-electron chi connectivity index (χ4n) is 4.52. The fraction of sp³-hybridized carbons (Fsp3) is 0.194. The Balaban J connectivity index is 1.19. The van der Waals surface area contributed by atoms with E-state index in [9.17, 15) is 23.9 Å². The summed E-state index contributed by atoms with van der Waals surface area (Å²) in [6.07, 6.45) is 5.37. The summed E-state index contributed by atoms with van der Waals surface area (Å²) in [5.74, 6) is -0.933. The number of allylic oxidation sites excluding steroid dienone is 1. The third-order valence-electron chi connectivity index (χ3n) is 6.81. The maximum Gasteiger partial charge on any atom is 0.326 e. The number of carbonyl (C=O) groups is 3. The first-order chi connectivity index (χ1) is 21.4. The van der Waals surface area contributed by atoms with Gasteiger partial charge in [0.05, 0.1) is 6.61 Å². The maximum absolute atomic E-state index is 13.2. The van der Waals surface area contributed by atoms with Gasteiger partial charge in [-0.1, -0.05) is 78.9 Å². The minimum atomic E-state index is -1.03. The van der Waals surface area contributed by atoms with Crippen molar-refractivity contribution >= 4 is 29.4 Å². The first-order valence-corrected chi connectivity index (χ1v) is 14.5. The van der Waals surface area contributed by atoms with Gasteiger partial charge in [0, 0.05) is 36.2 Å². The van der Waals surface area contributed by atoms with Gasteiger partial charge in [-0.25, -0.2) is 9.18 Å². The number of rotatable bonds is 16. The van der Waals surface area contributed by atoms with Gasteiger partial charge in [0.2, 0.25) is 5.91 Å². The number of amides is 1. The third-order valence-corrected chi connectivity index (χ3v) is 6.81. The summed E-state index contributed by atoms with van der Waals surface area (Å²) in [7, 11) is 0. The van der Waals surface area contributed by atoms with Gasteiger partial charge >= 0.3 is 5.97 Å². The van der Waals surface area contributed by atoms with E-state index in [0.29, 0.717) is 55.0 Å². The van der Waals surface area contributed by atoms with Gasteiger partial charge in [-0.15, -0.1) is 0 Å². The highest BCUT2D eigenvalue weighted by atomic mass is 19.1. The van der Waals surface area contributed by atoms with Gasteiger partial charge in [0.15, 0.2) is 5.78 Å². The van der Waals surface area contributed by atoms with E-state index in [1.807, 2.05) is 24.3 Å². The molecule has 3 N–H and O–H groups in total. The maximum atomic E-state index is 13.2. The Morgan fingerprint density at radius 3 is 2.39 bits per heavy atom. The summed E-state index contributed by atoms with van der Waals surface area (Å²) in [5.41, 5.74) is 2.94. The lowest BCUT2D eigenvalue weighted by Crippen LogP contribution is -2.32. The van der Waals surface area contributed by atoms with Crippen LogP contribution in [0.2, 0.25) is 0 Å². The molecule has 1 atom stereocenters. The molecule has 44 heavy (non-hydrogen) atoms. The Labute approximate surface area is 256 Å². The zero-order chi connectivity index (χ0) is 31.1. The van der Waals surface area contributed by atoms with E-state index in [-0.39, 0.29) is 23.9 Å². The van der Waals surface area contributed by atoms with Crippen molar-refractivity contribution in [3.8, 4) is 5.75 Å². The van der Waals surface area contributed by atoms with Crippen LogP contribution in [0.3, 0.4) is 0 Å². The van der Waals surface area contributed by atoms with Crippen LogP contribution in [0.25, 0.3) is 6.08 Å². The van der Waals surface area contributed by atoms with E-state index in [2.05, 4.69) is 10.6 Å². The van der Waals surface area contributed by atoms with Crippen LogP contribution >= 0.6 is 0 Å². The Kier molecular flexibility index (Phi) is 11.8. The summed E-state index contributed by atoms with van der Waals surface area (Å²) in [6.45, 7) is 0.884. The number of aliphatic carboxylic acids is 1. The molecule has 0 bridgehead atoms. The van der Waals surface area contributed by atoms with Crippen molar-refractivity contribution in [2.24, 2.45) is 0 Å². The van der Waals surface area contributed by atoms with Gasteiger partial charge in [-0.2, -0.15) is 0 Å². The number of halogens is 1. The average Bonchev–Trinajstić information content (AvgIpc) is 3.03. The molecule has 0 spiro atoms. The molecule has 0 aliphatic heterocycles. The Morgan fingerprint density at radius 1 is 0.886 bits per heavy atom. The predicted octanol–water partition coefficient (Wildman–Crippen LogP) is 6.54. The molecule has 0 radical (unpaired) electrons. The number of ether oxygens (including phenoxy) is 1. The molecule has 226 valence electrons. The fourth-order valence-corrected chi connectivity index (χ4v) is 4.52. The largest absolute Gasteiger partial charge is 0.494 e. The van der Waals surface area contributed by atoms with Crippen molar-refractivity contribution in [2.45, 2.75) is 31.7 Å².